The molecule has 0 saturated carbocycles. The maximum absolute atomic E-state index is 12.9. The summed E-state index contributed by atoms with van der Waals surface area (Å²) < 4.78 is 25.1. The molecule has 0 bridgehead atoms. The van der Waals surface area contributed by atoms with E-state index < -0.39 is 9.84 Å². The average Bonchev–Trinajstić information content (AvgIpc) is 3.39. The van der Waals surface area contributed by atoms with E-state index in [4.69, 9.17) is 0 Å². The standard InChI is InChI=1S/C26H37N9O3S/c1-17-21(14-18(15-28-17)24(36)27-9-11-35-10-5-8-26(35,2)3)31-22-20-16-29-25(32-23(20)34(4)33-22)30-19-6-12-39(37,38)13-7-19/h14-16,19H,5-13H2,1-4H3,(H,27,36)(H,31,33)(H,29,30,32). The van der Waals surface area contributed by atoms with E-state index in [0.29, 0.717) is 48.1 Å². The van der Waals surface area contributed by atoms with Gasteiger partial charge in [-0.15, -0.1) is 0 Å². The lowest BCUT2D eigenvalue weighted by Crippen LogP contribution is -2.43. The number of fused-ring (bicyclic) bond motifs is 1. The monoisotopic (exact) mass is 555 g/mol. The number of pyridine rings is 1. The van der Waals surface area contributed by atoms with Crippen LogP contribution in [0, 0.1) is 6.92 Å². The van der Waals surface area contributed by atoms with E-state index in [2.05, 4.69) is 54.7 Å². The maximum atomic E-state index is 12.9. The summed E-state index contributed by atoms with van der Waals surface area (Å²) in [6.07, 6.45) is 6.72. The molecule has 2 fully saturated rings. The van der Waals surface area contributed by atoms with Crippen molar-refractivity contribution in [3.63, 3.8) is 0 Å². The molecule has 5 heterocycles. The SMILES string of the molecule is Cc1ncc(C(=O)NCCN2CCCC2(C)C)cc1Nc1nn(C)c2nc(NC3CCS(=O)(=O)CC3)ncc12. The van der Waals surface area contributed by atoms with Crippen molar-refractivity contribution in [1.82, 2.24) is 34.9 Å². The molecule has 13 heteroatoms. The van der Waals surface area contributed by atoms with Crippen LogP contribution in [0.3, 0.4) is 0 Å². The number of rotatable bonds is 8. The van der Waals surface area contributed by atoms with E-state index >= 15 is 0 Å². The van der Waals surface area contributed by atoms with Crippen molar-refractivity contribution in [3.8, 4) is 0 Å². The number of aryl methyl sites for hydroxylation is 2. The van der Waals surface area contributed by atoms with E-state index in [0.717, 1.165) is 24.2 Å². The summed E-state index contributed by atoms with van der Waals surface area (Å²) >= 11 is 0. The Morgan fingerprint density at radius 1 is 1.18 bits per heavy atom. The quantitative estimate of drug-likeness (QED) is 0.378. The molecular weight excluding hydrogens is 518 g/mol. The van der Waals surface area contributed by atoms with E-state index in [9.17, 15) is 13.2 Å². The van der Waals surface area contributed by atoms with Gasteiger partial charge in [0.1, 0.15) is 9.84 Å². The van der Waals surface area contributed by atoms with Gasteiger partial charge in [-0.2, -0.15) is 10.1 Å². The number of carbonyl (C=O) groups is 1. The molecule has 3 aromatic heterocycles. The fraction of sp³-hybridized carbons (Fsp3) is 0.577. The van der Waals surface area contributed by atoms with Gasteiger partial charge in [-0.3, -0.25) is 14.7 Å². The number of hydrogen-bond acceptors (Lipinski definition) is 10. The molecule has 0 aliphatic carbocycles. The zero-order valence-corrected chi connectivity index (χ0v) is 23.8. The van der Waals surface area contributed by atoms with Gasteiger partial charge in [0.15, 0.2) is 11.5 Å². The van der Waals surface area contributed by atoms with Crippen LogP contribution in [-0.4, -0.2) is 86.7 Å². The largest absolute Gasteiger partial charge is 0.351 e. The summed E-state index contributed by atoms with van der Waals surface area (Å²) in [5.41, 5.74) is 2.69. The lowest BCUT2D eigenvalue weighted by molar-refractivity contribution is 0.0940. The normalized spacial score (nSPS) is 19.3. The van der Waals surface area contributed by atoms with Crippen molar-refractivity contribution < 1.29 is 13.2 Å². The van der Waals surface area contributed by atoms with E-state index in [1.807, 2.05) is 6.92 Å². The van der Waals surface area contributed by atoms with E-state index in [1.165, 1.54) is 12.8 Å². The number of carbonyl (C=O) groups excluding carboxylic acids is 1. The molecule has 12 nitrogen and oxygen atoms in total. The molecule has 39 heavy (non-hydrogen) atoms. The Hall–Kier alpha value is -3.32. The van der Waals surface area contributed by atoms with Crippen LogP contribution < -0.4 is 16.0 Å². The van der Waals surface area contributed by atoms with Gasteiger partial charge in [0.2, 0.25) is 5.95 Å². The Kier molecular flexibility index (Phi) is 7.47. The maximum Gasteiger partial charge on any atom is 0.252 e. The molecule has 0 spiro atoms. The van der Waals surface area contributed by atoms with E-state index in [1.54, 1.807) is 30.2 Å². The summed E-state index contributed by atoms with van der Waals surface area (Å²) in [4.78, 5) is 28.8. The second-order valence-electron chi connectivity index (χ2n) is 11.1. The molecule has 0 unspecified atom stereocenters. The summed E-state index contributed by atoms with van der Waals surface area (Å²) in [5.74, 6) is 1.18. The van der Waals surface area contributed by atoms with Gasteiger partial charge in [-0.05, 0) is 59.1 Å². The molecule has 3 aromatic rings. The van der Waals surface area contributed by atoms with Crippen LogP contribution in [0.25, 0.3) is 11.0 Å². The van der Waals surface area contributed by atoms with Gasteiger partial charge in [0, 0.05) is 44.1 Å². The summed E-state index contributed by atoms with van der Waals surface area (Å²) in [6.45, 7) is 8.83. The molecule has 3 N–H and O–H groups in total. The third kappa shape index (κ3) is 6.14. The smallest absolute Gasteiger partial charge is 0.252 e. The molecule has 1 amide bonds. The molecule has 0 atom stereocenters. The van der Waals surface area contributed by atoms with Crippen LogP contribution >= 0.6 is 0 Å². The fourth-order valence-electron chi connectivity index (χ4n) is 5.31. The van der Waals surface area contributed by atoms with Gasteiger partial charge in [0.05, 0.1) is 33.8 Å². The Balaban J connectivity index is 1.26. The Morgan fingerprint density at radius 3 is 2.67 bits per heavy atom. The van der Waals surface area contributed by atoms with Crippen LogP contribution in [-0.2, 0) is 16.9 Å². The first-order valence-electron chi connectivity index (χ1n) is 13.4. The molecule has 0 aromatic carbocycles. The highest BCUT2D eigenvalue weighted by atomic mass is 32.2. The second kappa shape index (κ2) is 10.7. The molecular formula is C26H37N9O3S. The number of nitrogens with one attached hydrogen (secondary N) is 3. The van der Waals surface area contributed by atoms with Crippen molar-refractivity contribution in [3.05, 3.63) is 29.7 Å². The Bertz CT molecular complexity index is 1470. The molecule has 210 valence electrons. The first-order chi connectivity index (χ1) is 18.5. The predicted molar refractivity (Wildman–Crippen MR) is 151 cm³/mol. The zero-order chi connectivity index (χ0) is 27.8. The average molecular weight is 556 g/mol. The Labute approximate surface area is 228 Å². The zero-order valence-electron chi connectivity index (χ0n) is 23.0. The van der Waals surface area contributed by atoms with Gasteiger partial charge in [-0.25, -0.2) is 18.1 Å². The number of amides is 1. The third-order valence-electron chi connectivity index (χ3n) is 7.81. The van der Waals surface area contributed by atoms with Gasteiger partial charge >= 0.3 is 0 Å². The predicted octanol–water partition coefficient (Wildman–Crippen LogP) is 2.40. The van der Waals surface area contributed by atoms with Crippen LogP contribution in [0.2, 0.25) is 0 Å². The van der Waals surface area contributed by atoms with Crippen LogP contribution in [0.4, 0.5) is 17.5 Å². The molecule has 2 aliphatic rings. The first kappa shape index (κ1) is 27.3. The van der Waals surface area contributed by atoms with Crippen LogP contribution in [0.15, 0.2) is 18.5 Å². The minimum absolute atomic E-state index is 0.0150. The minimum Gasteiger partial charge on any atom is -0.351 e. The van der Waals surface area contributed by atoms with Crippen molar-refractivity contribution in [2.75, 3.05) is 41.8 Å². The highest BCUT2D eigenvalue weighted by molar-refractivity contribution is 7.91. The Morgan fingerprint density at radius 2 is 1.95 bits per heavy atom. The highest BCUT2D eigenvalue weighted by Crippen LogP contribution is 2.28. The molecule has 5 rings (SSSR count). The summed E-state index contributed by atoms with van der Waals surface area (Å²) in [7, 11) is -1.14. The number of sulfone groups is 1. The number of likely N-dealkylation sites (tertiary alicyclic amines) is 1. The third-order valence-corrected chi connectivity index (χ3v) is 9.53. The summed E-state index contributed by atoms with van der Waals surface area (Å²) in [5, 5.41) is 14.9. The minimum atomic E-state index is -2.94. The fourth-order valence-corrected chi connectivity index (χ4v) is 6.80. The number of nitrogens with zero attached hydrogens (tertiary/aromatic N) is 6. The first-order valence-corrected chi connectivity index (χ1v) is 15.3. The lowest BCUT2D eigenvalue weighted by Gasteiger charge is -2.31. The van der Waals surface area contributed by atoms with Gasteiger partial charge in [-0.1, -0.05) is 0 Å². The van der Waals surface area contributed by atoms with Crippen molar-refractivity contribution in [2.24, 2.45) is 7.05 Å². The van der Waals surface area contributed by atoms with Gasteiger partial charge < -0.3 is 16.0 Å². The lowest BCUT2D eigenvalue weighted by atomic mass is 10.0. The van der Waals surface area contributed by atoms with E-state index in [-0.39, 0.29) is 29.0 Å². The number of anilines is 3. The van der Waals surface area contributed by atoms with Crippen molar-refractivity contribution in [2.45, 2.75) is 58.0 Å². The molecule has 0 radical (unpaired) electrons. The molecule has 2 aliphatic heterocycles. The number of hydrogen-bond donors (Lipinski definition) is 3. The summed E-state index contributed by atoms with van der Waals surface area (Å²) in [6, 6.07) is 1.80. The van der Waals surface area contributed by atoms with Crippen molar-refractivity contribution >= 4 is 44.2 Å². The second-order valence-corrected chi connectivity index (χ2v) is 13.4. The van der Waals surface area contributed by atoms with Crippen LogP contribution in [0.1, 0.15) is 55.6 Å². The number of aromatic nitrogens is 5. The topological polar surface area (TPSA) is 147 Å². The van der Waals surface area contributed by atoms with Crippen molar-refractivity contribution in [1.29, 1.82) is 0 Å². The van der Waals surface area contributed by atoms with Gasteiger partial charge in [0.25, 0.3) is 5.91 Å². The molecule has 2 saturated heterocycles. The highest BCUT2D eigenvalue weighted by Gasteiger charge is 2.31. The van der Waals surface area contributed by atoms with Crippen LogP contribution in [0.5, 0.6) is 0 Å².